The lowest BCUT2D eigenvalue weighted by Gasteiger charge is -2.14. The number of ether oxygens (including phenoxy) is 1. The van der Waals surface area contributed by atoms with Crippen LogP contribution in [-0.2, 0) is 13.3 Å². The summed E-state index contributed by atoms with van der Waals surface area (Å²) in [5.41, 5.74) is -1.15. The molecular weight excluding hydrogens is 237 g/mol. The van der Waals surface area contributed by atoms with Crippen molar-refractivity contribution in [3.05, 3.63) is 23.3 Å². The van der Waals surface area contributed by atoms with E-state index in [2.05, 4.69) is 9.72 Å². The lowest BCUT2D eigenvalue weighted by atomic mass is 10.2. The number of halogens is 5. The number of aliphatic hydroxyl groups is 1. The fraction of sp³-hybridized carbons (Fsp3) is 0.375. The Morgan fingerprint density at radius 1 is 1.38 bits per heavy atom. The summed E-state index contributed by atoms with van der Waals surface area (Å²) in [5.74, 6) is -2.74. The second-order valence-electron chi connectivity index (χ2n) is 2.70. The molecule has 1 N–H and O–H groups in total. The van der Waals surface area contributed by atoms with Gasteiger partial charge in [0.1, 0.15) is 6.67 Å². The van der Waals surface area contributed by atoms with Gasteiger partial charge >= 0.3 is 6.36 Å². The lowest BCUT2D eigenvalue weighted by molar-refractivity contribution is -0.276. The molecule has 0 atom stereocenters. The van der Waals surface area contributed by atoms with Crippen LogP contribution >= 0.6 is 0 Å². The standard InChI is InChI=1S/C8H6F5NO2/c9-1-4-6(3-15)14-2-5(10)7(4)16-8(11,12)13/h2,15H,1,3H2. The van der Waals surface area contributed by atoms with Crippen molar-refractivity contribution in [1.29, 1.82) is 0 Å². The van der Waals surface area contributed by atoms with Crippen molar-refractivity contribution in [1.82, 2.24) is 4.98 Å². The molecular formula is C8H6F5NO2. The summed E-state index contributed by atoms with van der Waals surface area (Å²) in [7, 11) is 0. The van der Waals surface area contributed by atoms with Crippen LogP contribution < -0.4 is 4.74 Å². The van der Waals surface area contributed by atoms with Crippen LogP contribution in [0.1, 0.15) is 11.3 Å². The van der Waals surface area contributed by atoms with Crippen molar-refractivity contribution >= 4 is 0 Å². The van der Waals surface area contributed by atoms with E-state index in [0.717, 1.165) is 0 Å². The second kappa shape index (κ2) is 4.60. The summed E-state index contributed by atoms with van der Waals surface area (Å²) in [6, 6.07) is 0. The molecule has 0 aliphatic carbocycles. The van der Waals surface area contributed by atoms with Gasteiger partial charge in [0.15, 0.2) is 11.6 Å². The van der Waals surface area contributed by atoms with E-state index in [1.54, 1.807) is 0 Å². The maximum Gasteiger partial charge on any atom is 0.573 e. The highest BCUT2D eigenvalue weighted by atomic mass is 19.4. The third kappa shape index (κ3) is 2.78. The Balaban J connectivity index is 3.23. The average molecular weight is 243 g/mol. The average Bonchev–Trinajstić information content (AvgIpc) is 2.19. The van der Waals surface area contributed by atoms with Gasteiger partial charge in [-0.2, -0.15) is 0 Å². The third-order valence-electron chi connectivity index (χ3n) is 1.67. The molecule has 0 saturated heterocycles. The van der Waals surface area contributed by atoms with Gasteiger partial charge in [-0.1, -0.05) is 0 Å². The lowest BCUT2D eigenvalue weighted by Crippen LogP contribution is -2.20. The van der Waals surface area contributed by atoms with E-state index in [9.17, 15) is 22.0 Å². The quantitative estimate of drug-likeness (QED) is 0.826. The minimum Gasteiger partial charge on any atom is -0.402 e. The van der Waals surface area contributed by atoms with Gasteiger partial charge < -0.3 is 9.84 Å². The minimum atomic E-state index is -5.14. The zero-order chi connectivity index (χ0) is 12.3. The molecule has 0 aromatic carbocycles. The molecule has 0 spiro atoms. The molecule has 0 unspecified atom stereocenters. The minimum absolute atomic E-state index is 0.400. The fourth-order valence-electron chi connectivity index (χ4n) is 1.05. The van der Waals surface area contributed by atoms with Crippen molar-refractivity contribution in [2.45, 2.75) is 19.6 Å². The van der Waals surface area contributed by atoms with Gasteiger partial charge in [0.2, 0.25) is 0 Å². The van der Waals surface area contributed by atoms with E-state index in [-0.39, 0.29) is 0 Å². The van der Waals surface area contributed by atoms with Crippen molar-refractivity contribution in [3.63, 3.8) is 0 Å². The third-order valence-corrected chi connectivity index (χ3v) is 1.67. The topological polar surface area (TPSA) is 42.4 Å². The van der Waals surface area contributed by atoms with Gasteiger partial charge in [-0.15, -0.1) is 13.2 Å². The monoisotopic (exact) mass is 243 g/mol. The Hall–Kier alpha value is -1.44. The Morgan fingerprint density at radius 3 is 2.44 bits per heavy atom. The van der Waals surface area contributed by atoms with Crippen LogP contribution in [-0.4, -0.2) is 16.5 Å². The first-order valence-corrected chi connectivity index (χ1v) is 3.98. The molecule has 0 aliphatic rings. The molecule has 16 heavy (non-hydrogen) atoms. The Labute approximate surface area is 86.5 Å². The molecule has 0 fully saturated rings. The number of rotatable bonds is 3. The maximum atomic E-state index is 12.9. The highest BCUT2D eigenvalue weighted by molar-refractivity contribution is 5.36. The van der Waals surface area contributed by atoms with E-state index < -0.39 is 42.5 Å². The zero-order valence-electron chi connectivity index (χ0n) is 7.68. The van der Waals surface area contributed by atoms with E-state index in [1.165, 1.54) is 0 Å². The van der Waals surface area contributed by atoms with Gasteiger partial charge in [-0.3, -0.25) is 4.98 Å². The van der Waals surface area contributed by atoms with Gasteiger partial charge in [0.25, 0.3) is 0 Å². The summed E-state index contributed by atoms with van der Waals surface area (Å²) in [6.07, 6.45) is -4.72. The van der Waals surface area contributed by atoms with Crippen molar-refractivity contribution in [2.24, 2.45) is 0 Å². The van der Waals surface area contributed by atoms with Crippen LogP contribution in [0.15, 0.2) is 6.20 Å². The SMILES string of the molecule is OCc1ncc(F)c(OC(F)(F)F)c1CF. The van der Waals surface area contributed by atoms with E-state index in [1.807, 2.05) is 0 Å². The van der Waals surface area contributed by atoms with Crippen LogP contribution in [0.2, 0.25) is 0 Å². The molecule has 90 valence electrons. The maximum absolute atomic E-state index is 12.9. The summed E-state index contributed by atoms with van der Waals surface area (Å²) in [4.78, 5) is 3.25. The van der Waals surface area contributed by atoms with E-state index in [0.29, 0.717) is 6.20 Å². The first-order valence-electron chi connectivity index (χ1n) is 3.98. The van der Waals surface area contributed by atoms with Crippen LogP contribution in [0.5, 0.6) is 5.75 Å². The van der Waals surface area contributed by atoms with Crippen molar-refractivity contribution in [2.75, 3.05) is 0 Å². The van der Waals surface area contributed by atoms with Gasteiger partial charge in [0.05, 0.1) is 24.1 Å². The Morgan fingerprint density at radius 2 is 2.00 bits per heavy atom. The highest BCUT2D eigenvalue weighted by Crippen LogP contribution is 2.31. The number of aliphatic hydroxyl groups excluding tert-OH is 1. The zero-order valence-corrected chi connectivity index (χ0v) is 7.68. The van der Waals surface area contributed by atoms with Crippen LogP contribution in [0, 0.1) is 5.82 Å². The largest absolute Gasteiger partial charge is 0.573 e. The summed E-state index contributed by atoms with van der Waals surface area (Å²) < 4.78 is 64.3. The number of hydrogen-bond donors (Lipinski definition) is 1. The first kappa shape index (κ1) is 12.6. The molecule has 1 aromatic heterocycles. The number of aromatic nitrogens is 1. The van der Waals surface area contributed by atoms with E-state index >= 15 is 0 Å². The number of pyridine rings is 1. The van der Waals surface area contributed by atoms with Crippen LogP contribution in [0.4, 0.5) is 22.0 Å². The molecule has 1 heterocycles. The first-order chi connectivity index (χ1) is 7.39. The smallest absolute Gasteiger partial charge is 0.402 e. The second-order valence-corrected chi connectivity index (χ2v) is 2.70. The summed E-state index contributed by atoms with van der Waals surface area (Å²) in [5, 5.41) is 8.67. The molecule has 0 saturated carbocycles. The van der Waals surface area contributed by atoms with E-state index in [4.69, 9.17) is 5.11 Å². The molecule has 1 rings (SSSR count). The van der Waals surface area contributed by atoms with Gasteiger partial charge in [0, 0.05) is 0 Å². The molecule has 3 nitrogen and oxygen atoms in total. The van der Waals surface area contributed by atoms with Crippen LogP contribution in [0.25, 0.3) is 0 Å². The Kier molecular flexibility index (Phi) is 3.63. The molecule has 0 bridgehead atoms. The fourth-order valence-corrected chi connectivity index (χ4v) is 1.05. The number of alkyl halides is 4. The number of nitrogens with zero attached hydrogens (tertiary/aromatic N) is 1. The molecule has 1 aromatic rings. The number of hydrogen-bond acceptors (Lipinski definition) is 3. The van der Waals surface area contributed by atoms with Gasteiger partial charge in [-0.25, -0.2) is 8.78 Å². The molecule has 0 aliphatic heterocycles. The summed E-state index contributed by atoms with van der Waals surface area (Å²) >= 11 is 0. The molecule has 8 heteroatoms. The van der Waals surface area contributed by atoms with Gasteiger partial charge in [-0.05, 0) is 0 Å². The molecule has 0 amide bonds. The predicted molar refractivity (Wildman–Crippen MR) is 41.6 cm³/mol. The van der Waals surface area contributed by atoms with Crippen molar-refractivity contribution < 1.29 is 31.8 Å². The predicted octanol–water partition coefficient (Wildman–Crippen LogP) is 2.08. The normalized spacial score (nSPS) is 11.6. The summed E-state index contributed by atoms with van der Waals surface area (Å²) in [6.45, 7) is -2.24. The molecule has 0 radical (unpaired) electrons. The highest BCUT2D eigenvalue weighted by Gasteiger charge is 2.34. The van der Waals surface area contributed by atoms with Crippen molar-refractivity contribution in [3.8, 4) is 5.75 Å². The van der Waals surface area contributed by atoms with Crippen LogP contribution in [0.3, 0.4) is 0 Å². The Bertz CT molecular complexity index is 379.